The Morgan fingerprint density at radius 2 is 1.94 bits per heavy atom. The molecule has 1 aromatic rings. The summed E-state index contributed by atoms with van der Waals surface area (Å²) in [5.74, 6) is 4.16. The van der Waals surface area contributed by atoms with Gasteiger partial charge in [-0.15, -0.1) is 12.8 Å². The van der Waals surface area contributed by atoms with Gasteiger partial charge in [0.2, 0.25) is 0 Å². The largest absolute Gasteiger partial charge is 0.504 e. The van der Waals surface area contributed by atoms with Gasteiger partial charge in [-0.3, -0.25) is 0 Å². The Labute approximate surface area is 100 Å². The van der Waals surface area contributed by atoms with Crippen LogP contribution >= 0.6 is 0 Å². The van der Waals surface area contributed by atoms with Crippen molar-refractivity contribution in [1.82, 2.24) is 0 Å². The molecule has 88 valence electrons. The number of phenolic OH excluding ortho intramolecular Hbond substituents is 2. The highest BCUT2D eigenvalue weighted by Gasteiger charge is 2.16. The Bertz CT molecular complexity index is 483. The van der Waals surface area contributed by atoms with Gasteiger partial charge in [0.05, 0.1) is 6.10 Å². The Morgan fingerprint density at radius 3 is 2.47 bits per heavy atom. The molecule has 4 N–H and O–H groups in total. The van der Waals surface area contributed by atoms with Crippen LogP contribution in [0.2, 0.25) is 0 Å². The van der Waals surface area contributed by atoms with Gasteiger partial charge in [-0.25, -0.2) is 0 Å². The SMILES string of the molecule is C#CCOC(CN)c1cc(O)c(O)cc1C#C. The average molecular weight is 231 g/mol. The molecule has 1 aromatic carbocycles. The minimum absolute atomic E-state index is 0.0908. The molecular weight excluding hydrogens is 218 g/mol. The molecule has 0 fully saturated rings. The van der Waals surface area contributed by atoms with E-state index in [4.69, 9.17) is 23.3 Å². The van der Waals surface area contributed by atoms with Gasteiger partial charge in [0, 0.05) is 17.7 Å². The first-order valence-corrected chi connectivity index (χ1v) is 4.91. The smallest absolute Gasteiger partial charge is 0.158 e. The second-order valence-electron chi connectivity index (χ2n) is 3.31. The summed E-state index contributed by atoms with van der Waals surface area (Å²) >= 11 is 0. The predicted molar refractivity (Wildman–Crippen MR) is 64.3 cm³/mol. The fraction of sp³-hybridized carbons (Fsp3) is 0.231. The minimum atomic E-state index is -0.511. The van der Waals surface area contributed by atoms with Gasteiger partial charge in [0.15, 0.2) is 11.5 Å². The van der Waals surface area contributed by atoms with E-state index in [1.807, 2.05) is 0 Å². The molecule has 0 bridgehead atoms. The van der Waals surface area contributed by atoms with Crippen molar-refractivity contribution >= 4 is 0 Å². The van der Waals surface area contributed by atoms with E-state index in [1.165, 1.54) is 12.1 Å². The monoisotopic (exact) mass is 231 g/mol. The van der Waals surface area contributed by atoms with E-state index in [0.717, 1.165) is 0 Å². The lowest BCUT2D eigenvalue weighted by molar-refractivity contribution is 0.0841. The summed E-state index contributed by atoms with van der Waals surface area (Å²) in [6, 6.07) is 2.62. The van der Waals surface area contributed by atoms with Crippen LogP contribution in [-0.2, 0) is 4.74 Å². The maximum Gasteiger partial charge on any atom is 0.158 e. The quantitative estimate of drug-likeness (QED) is 0.527. The third-order valence-corrected chi connectivity index (χ3v) is 2.23. The maximum absolute atomic E-state index is 9.43. The van der Waals surface area contributed by atoms with Crippen molar-refractivity contribution in [2.45, 2.75) is 6.10 Å². The number of rotatable bonds is 4. The Kier molecular flexibility index (Phi) is 4.42. The zero-order chi connectivity index (χ0) is 12.8. The lowest BCUT2D eigenvalue weighted by atomic mass is 10.0. The van der Waals surface area contributed by atoms with Crippen molar-refractivity contribution in [3.8, 4) is 36.2 Å². The summed E-state index contributed by atoms with van der Waals surface area (Å²) in [6.07, 6.45) is 9.89. The van der Waals surface area contributed by atoms with Crippen LogP contribution in [0.5, 0.6) is 11.5 Å². The summed E-state index contributed by atoms with van der Waals surface area (Å²) in [6.45, 7) is 0.258. The summed E-state index contributed by atoms with van der Waals surface area (Å²) in [5.41, 5.74) is 6.49. The summed E-state index contributed by atoms with van der Waals surface area (Å²) < 4.78 is 5.31. The van der Waals surface area contributed by atoms with Gasteiger partial charge < -0.3 is 20.7 Å². The highest BCUT2D eigenvalue weighted by molar-refractivity contribution is 5.52. The van der Waals surface area contributed by atoms with E-state index in [-0.39, 0.29) is 24.7 Å². The zero-order valence-corrected chi connectivity index (χ0v) is 9.18. The van der Waals surface area contributed by atoms with Crippen LogP contribution in [0.15, 0.2) is 12.1 Å². The average Bonchev–Trinajstić information content (AvgIpc) is 2.34. The van der Waals surface area contributed by atoms with Crippen LogP contribution in [0.25, 0.3) is 0 Å². The lowest BCUT2D eigenvalue weighted by Crippen LogP contribution is -2.17. The molecular formula is C13H13NO3. The third-order valence-electron chi connectivity index (χ3n) is 2.23. The van der Waals surface area contributed by atoms with Crippen LogP contribution < -0.4 is 5.73 Å². The first kappa shape index (κ1) is 12.9. The molecule has 0 aliphatic carbocycles. The molecule has 0 spiro atoms. The van der Waals surface area contributed by atoms with Gasteiger partial charge in [0.1, 0.15) is 6.61 Å². The fourth-order valence-corrected chi connectivity index (χ4v) is 1.42. The molecule has 1 atom stereocenters. The van der Waals surface area contributed by atoms with E-state index in [9.17, 15) is 10.2 Å². The summed E-state index contributed by atoms with van der Waals surface area (Å²) in [7, 11) is 0. The molecule has 0 radical (unpaired) electrons. The Hall–Kier alpha value is -2.14. The summed E-state index contributed by atoms with van der Waals surface area (Å²) in [4.78, 5) is 0. The van der Waals surface area contributed by atoms with Crippen LogP contribution in [0, 0.1) is 24.7 Å². The van der Waals surface area contributed by atoms with Crippen molar-refractivity contribution in [3.63, 3.8) is 0 Å². The number of nitrogens with two attached hydrogens (primary N) is 1. The van der Waals surface area contributed by atoms with Crippen LogP contribution in [0.3, 0.4) is 0 Å². The van der Waals surface area contributed by atoms with Crippen molar-refractivity contribution in [1.29, 1.82) is 0 Å². The van der Waals surface area contributed by atoms with Gasteiger partial charge in [-0.1, -0.05) is 11.8 Å². The van der Waals surface area contributed by atoms with Gasteiger partial charge in [-0.05, 0) is 12.1 Å². The number of ether oxygens (including phenoxy) is 1. The number of aromatic hydroxyl groups is 2. The standard InChI is InChI=1S/C13H13NO3/c1-3-5-17-13(8-14)10-7-12(16)11(15)6-9(10)4-2/h1-2,6-7,13,15-16H,5,8,14H2. The molecule has 0 saturated carbocycles. The van der Waals surface area contributed by atoms with Crippen LogP contribution in [0.1, 0.15) is 17.2 Å². The van der Waals surface area contributed by atoms with Crippen LogP contribution in [-0.4, -0.2) is 23.4 Å². The van der Waals surface area contributed by atoms with E-state index in [0.29, 0.717) is 11.1 Å². The predicted octanol–water partition coefficient (Wildman–Crippen LogP) is 0.729. The number of benzene rings is 1. The van der Waals surface area contributed by atoms with Crippen molar-refractivity contribution in [2.24, 2.45) is 5.73 Å². The molecule has 4 nitrogen and oxygen atoms in total. The third kappa shape index (κ3) is 2.92. The molecule has 1 unspecified atom stereocenters. The zero-order valence-electron chi connectivity index (χ0n) is 9.18. The number of hydrogen-bond donors (Lipinski definition) is 3. The molecule has 4 heteroatoms. The first-order chi connectivity index (χ1) is 8.13. The molecule has 0 aromatic heterocycles. The second kappa shape index (κ2) is 5.81. The van der Waals surface area contributed by atoms with Crippen molar-refractivity contribution < 1.29 is 14.9 Å². The topological polar surface area (TPSA) is 75.7 Å². The second-order valence-corrected chi connectivity index (χ2v) is 3.31. The molecule has 0 amide bonds. The molecule has 0 heterocycles. The molecule has 1 rings (SSSR count). The van der Waals surface area contributed by atoms with E-state index < -0.39 is 6.10 Å². The van der Waals surface area contributed by atoms with Crippen molar-refractivity contribution in [2.75, 3.05) is 13.2 Å². The maximum atomic E-state index is 9.43. The van der Waals surface area contributed by atoms with Crippen LogP contribution in [0.4, 0.5) is 0 Å². The molecule has 0 saturated heterocycles. The minimum Gasteiger partial charge on any atom is -0.504 e. The van der Waals surface area contributed by atoms with Gasteiger partial charge in [-0.2, -0.15) is 0 Å². The highest BCUT2D eigenvalue weighted by atomic mass is 16.5. The summed E-state index contributed by atoms with van der Waals surface area (Å²) in [5, 5.41) is 18.8. The van der Waals surface area contributed by atoms with Gasteiger partial charge in [0.25, 0.3) is 0 Å². The van der Waals surface area contributed by atoms with E-state index >= 15 is 0 Å². The number of phenols is 2. The normalized spacial score (nSPS) is 11.5. The molecule has 0 aliphatic heterocycles. The Balaban J connectivity index is 3.15. The number of hydrogen-bond acceptors (Lipinski definition) is 4. The first-order valence-electron chi connectivity index (χ1n) is 4.91. The van der Waals surface area contributed by atoms with Crippen molar-refractivity contribution in [3.05, 3.63) is 23.3 Å². The molecule has 0 aliphatic rings. The van der Waals surface area contributed by atoms with E-state index in [2.05, 4.69) is 11.8 Å². The lowest BCUT2D eigenvalue weighted by Gasteiger charge is -2.17. The fourth-order valence-electron chi connectivity index (χ4n) is 1.42. The molecule has 17 heavy (non-hydrogen) atoms. The number of terminal acetylenes is 2. The highest BCUT2D eigenvalue weighted by Crippen LogP contribution is 2.32. The van der Waals surface area contributed by atoms with E-state index in [1.54, 1.807) is 0 Å². The van der Waals surface area contributed by atoms with Gasteiger partial charge >= 0.3 is 0 Å². The Morgan fingerprint density at radius 1 is 1.29 bits per heavy atom.